The highest BCUT2D eigenvalue weighted by Gasteiger charge is 2.17. The van der Waals surface area contributed by atoms with Gasteiger partial charge in [-0.05, 0) is 18.6 Å². The zero-order valence-electron chi connectivity index (χ0n) is 8.35. The number of benzene rings is 1. The number of rotatable bonds is 0. The quantitative estimate of drug-likeness (QED) is 0.647. The van der Waals surface area contributed by atoms with Crippen molar-refractivity contribution < 1.29 is 4.79 Å². The van der Waals surface area contributed by atoms with Crippen molar-refractivity contribution in [1.82, 2.24) is 5.32 Å². The standard InChI is InChI=1S/C9H9NO.C2H6/c1-6-2-3-8-7(4-6)5-10-9(8)11;1-2/h2-4H,5H2,1H3,(H,10,11);1-2H3. The van der Waals surface area contributed by atoms with Crippen molar-refractivity contribution in [3.05, 3.63) is 34.9 Å². The van der Waals surface area contributed by atoms with Gasteiger partial charge >= 0.3 is 0 Å². The van der Waals surface area contributed by atoms with Crippen LogP contribution in [0, 0.1) is 6.92 Å². The predicted molar refractivity (Wildman–Crippen MR) is 53.7 cm³/mol. The molecular weight excluding hydrogens is 162 g/mol. The lowest BCUT2D eigenvalue weighted by Crippen LogP contribution is -2.12. The van der Waals surface area contributed by atoms with E-state index in [2.05, 4.69) is 5.32 Å². The molecule has 0 atom stereocenters. The van der Waals surface area contributed by atoms with E-state index in [0.717, 1.165) is 11.1 Å². The van der Waals surface area contributed by atoms with Crippen molar-refractivity contribution in [3.8, 4) is 0 Å². The summed E-state index contributed by atoms with van der Waals surface area (Å²) in [5, 5.41) is 2.77. The fourth-order valence-electron chi connectivity index (χ4n) is 1.36. The van der Waals surface area contributed by atoms with Crippen LogP contribution in [0.15, 0.2) is 18.2 Å². The number of carbonyl (C=O) groups is 1. The molecule has 0 aromatic heterocycles. The Hall–Kier alpha value is -1.31. The minimum atomic E-state index is 0.0556. The fourth-order valence-corrected chi connectivity index (χ4v) is 1.36. The van der Waals surface area contributed by atoms with Crippen LogP contribution in [-0.4, -0.2) is 5.91 Å². The zero-order valence-corrected chi connectivity index (χ0v) is 8.35. The molecule has 0 aliphatic carbocycles. The van der Waals surface area contributed by atoms with Gasteiger partial charge in [0.05, 0.1) is 0 Å². The molecule has 0 saturated heterocycles. The number of hydrogen-bond donors (Lipinski definition) is 1. The van der Waals surface area contributed by atoms with Crippen molar-refractivity contribution in [2.45, 2.75) is 27.3 Å². The van der Waals surface area contributed by atoms with E-state index in [0.29, 0.717) is 6.54 Å². The molecule has 1 aliphatic heterocycles. The molecule has 1 amide bonds. The zero-order chi connectivity index (χ0) is 9.84. The average Bonchev–Trinajstić information content (AvgIpc) is 2.51. The molecular formula is C11H15NO. The minimum Gasteiger partial charge on any atom is -0.348 e. The average molecular weight is 177 g/mol. The van der Waals surface area contributed by atoms with E-state index in [1.54, 1.807) is 0 Å². The summed E-state index contributed by atoms with van der Waals surface area (Å²) < 4.78 is 0. The molecule has 0 bridgehead atoms. The second-order valence-corrected chi connectivity index (χ2v) is 2.84. The summed E-state index contributed by atoms with van der Waals surface area (Å²) in [6, 6.07) is 5.89. The third-order valence-electron chi connectivity index (χ3n) is 1.94. The predicted octanol–water partition coefficient (Wildman–Crippen LogP) is 2.26. The molecule has 1 aromatic carbocycles. The molecule has 2 rings (SSSR count). The molecule has 70 valence electrons. The molecule has 2 heteroatoms. The van der Waals surface area contributed by atoms with E-state index in [1.807, 2.05) is 39.0 Å². The van der Waals surface area contributed by atoms with Crippen molar-refractivity contribution in [2.24, 2.45) is 0 Å². The van der Waals surface area contributed by atoms with Gasteiger partial charge in [-0.3, -0.25) is 4.79 Å². The normalized spacial score (nSPS) is 12.7. The van der Waals surface area contributed by atoms with Gasteiger partial charge in [0.25, 0.3) is 5.91 Å². The Labute approximate surface area is 79.0 Å². The maximum atomic E-state index is 11.1. The second-order valence-electron chi connectivity index (χ2n) is 2.84. The van der Waals surface area contributed by atoms with Gasteiger partial charge in [0.15, 0.2) is 0 Å². The van der Waals surface area contributed by atoms with Gasteiger partial charge in [-0.25, -0.2) is 0 Å². The molecule has 0 fully saturated rings. The van der Waals surface area contributed by atoms with E-state index in [9.17, 15) is 4.79 Å². The van der Waals surface area contributed by atoms with Crippen LogP contribution in [-0.2, 0) is 6.54 Å². The molecule has 1 aromatic rings. The second kappa shape index (κ2) is 4.08. The molecule has 13 heavy (non-hydrogen) atoms. The summed E-state index contributed by atoms with van der Waals surface area (Å²) in [5.74, 6) is 0.0556. The summed E-state index contributed by atoms with van der Waals surface area (Å²) in [6.07, 6.45) is 0. The van der Waals surface area contributed by atoms with Crippen LogP contribution in [0.5, 0.6) is 0 Å². The van der Waals surface area contributed by atoms with E-state index in [1.165, 1.54) is 5.56 Å². The third kappa shape index (κ3) is 1.89. The Morgan fingerprint density at radius 3 is 2.69 bits per heavy atom. The number of nitrogens with one attached hydrogen (secondary N) is 1. The lowest BCUT2D eigenvalue weighted by molar-refractivity contribution is 0.0966. The molecule has 1 heterocycles. The van der Waals surface area contributed by atoms with Crippen LogP contribution >= 0.6 is 0 Å². The van der Waals surface area contributed by atoms with E-state index in [-0.39, 0.29) is 5.91 Å². The summed E-state index contributed by atoms with van der Waals surface area (Å²) >= 11 is 0. The third-order valence-corrected chi connectivity index (χ3v) is 1.94. The van der Waals surface area contributed by atoms with E-state index < -0.39 is 0 Å². The molecule has 0 saturated carbocycles. The highest BCUT2D eigenvalue weighted by atomic mass is 16.1. The highest BCUT2D eigenvalue weighted by Crippen LogP contribution is 2.16. The van der Waals surface area contributed by atoms with Gasteiger partial charge in [0, 0.05) is 12.1 Å². The summed E-state index contributed by atoms with van der Waals surface area (Å²) in [4.78, 5) is 11.1. The van der Waals surface area contributed by atoms with Gasteiger partial charge in [-0.15, -0.1) is 0 Å². The fraction of sp³-hybridized carbons (Fsp3) is 0.364. The minimum absolute atomic E-state index is 0.0556. The van der Waals surface area contributed by atoms with Crippen molar-refractivity contribution in [3.63, 3.8) is 0 Å². The smallest absolute Gasteiger partial charge is 0.251 e. The first-order valence-corrected chi connectivity index (χ1v) is 4.65. The lowest BCUT2D eigenvalue weighted by atomic mass is 10.1. The molecule has 0 unspecified atom stereocenters. The summed E-state index contributed by atoms with van der Waals surface area (Å²) in [5.41, 5.74) is 3.16. The van der Waals surface area contributed by atoms with Gasteiger partial charge < -0.3 is 5.32 Å². The van der Waals surface area contributed by atoms with Crippen LogP contribution in [0.4, 0.5) is 0 Å². The van der Waals surface area contributed by atoms with Gasteiger partial charge in [-0.2, -0.15) is 0 Å². The molecule has 1 N–H and O–H groups in total. The topological polar surface area (TPSA) is 29.1 Å². The lowest BCUT2D eigenvalue weighted by Gasteiger charge is -1.95. The molecule has 0 spiro atoms. The van der Waals surface area contributed by atoms with E-state index >= 15 is 0 Å². The number of carbonyl (C=O) groups excluding carboxylic acids is 1. The van der Waals surface area contributed by atoms with Crippen molar-refractivity contribution in [1.29, 1.82) is 0 Å². The number of hydrogen-bond acceptors (Lipinski definition) is 1. The number of amides is 1. The van der Waals surface area contributed by atoms with Crippen LogP contribution in [0.2, 0.25) is 0 Å². The SMILES string of the molecule is CC.Cc1ccc2c(c1)CNC2=O. The van der Waals surface area contributed by atoms with Crippen LogP contribution in [0.25, 0.3) is 0 Å². The summed E-state index contributed by atoms with van der Waals surface area (Å²) in [6.45, 7) is 6.72. The molecule has 2 nitrogen and oxygen atoms in total. The maximum Gasteiger partial charge on any atom is 0.251 e. The van der Waals surface area contributed by atoms with Crippen LogP contribution in [0.3, 0.4) is 0 Å². The first-order valence-electron chi connectivity index (χ1n) is 4.65. The van der Waals surface area contributed by atoms with Crippen molar-refractivity contribution in [2.75, 3.05) is 0 Å². The van der Waals surface area contributed by atoms with Crippen LogP contribution in [0.1, 0.15) is 35.3 Å². The monoisotopic (exact) mass is 177 g/mol. The Kier molecular flexibility index (Phi) is 3.07. The largest absolute Gasteiger partial charge is 0.348 e. The number of aryl methyl sites for hydroxylation is 1. The number of fused-ring (bicyclic) bond motifs is 1. The van der Waals surface area contributed by atoms with E-state index in [4.69, 9.17) is 0 Å². The highest BCUT2D eigenvalue weighted by molar-refractivity contribution is 5.98. The Balaban J connectivity index is 0.000000396. The summed E-state index contributed by atoms with van der Waals surface area (Å²) in [7, 11) is 0. The van der Waals surface area contributed by atoms with Gasteiger partial charge in [0.2, 0.25) is 0 Å². The first kappa shape index (κ1) is 9.78. The maximum absolute atomic E-state index is 11.1. The Morgan fingerprint density at radius 2 is 2.00 bits per heavy atom. The first-order chi connectivity index (χ1) is 6.27. The molecule has 0 radical (unpaired) electrons. The Bertz CT molecular complexity index is 318. The van der Waals surface area contributed by atoms with Gasteiger partial charge in [-0.1, -0.05) is 31.5 Å². The van der Waals surface area contributed by atoms with Crippen molar-refractivity contribution >= 4 is 5.91 Å². The van der Waals surface area contributed by atoms with Gasteiger partial charge in [0.1, 0.15) is 0 Å². The Morgan fingerprint density at radius 1 is 1.31 bits per heavy atom. The van der Waals surface area contributed by atoms with Crippen LogP contribution < -0.4 is 5.32 Å². The molecule has 1 aliphatic rings.